The number of rotatable bonds is 7. The lowest BCUT2D eigenvalue weighted by atomic mass is 10.1. The summed E-state index contributed by atoms with van der Waals surface area (Å²) in [6.45, 7) is 3.58. The number of aromatic nitrogens is 3. The summed E-state index contributed by atoms with van der Waals surface area (Å²) in [7, 11) is 0. The van der Waals surface area contributed by atoms with Crippen LogP contribution in [0, 0.1) is 0 Å². The van der Waals surface area contributed by atoms with Crippen molar-refractivity contribution in [3.63, 3.8) is 0 Å². The maximum atomic E-state index is 12.7. The molecule has 15 heteroatoms. The summed E-state index contributed by atoms with van der Waals surface area (Å²) in [4.78, 5) is 31.3. The van der Waals surface area contributed by atoms with Crippen LogP contribution in [0.5, 0.6) is 5.75 Å². The van der Waals surface area contributed by atoms with E-state index in [0.717, 1.165) is 51.9 Å². The van der Waals surface area contributed by atoms with Crippen LogP contribution >= 0.6 is 12.4 Å². The zero-order valence-corrected chi connectivity index (χ0v) is 24.9. The smallest absolute Gasteiger partial charge is 0.259 e. The second-order valence-electron chi connectivity index (χ2n) is 9.52. The van der Waals surface area contributed by atoms with Crippen molar-refractivity contribution in [3.05, 3.63) is 53.6 Å². The van der Waals surface area contributed by atoms with Gasteiger partial charge in [-0.3, -0.25) is 4.79 Å². The molecule has 2 fully saturated rings. The number of phenols is 1. The lowest BCUT2D eigenvalue weighted by molar-refractivity contribution is 0.102. The van der Waals surface area contributed by atoms with Crippen molar-refractivity contribution in [3.8, 4) is 5.75 Å². The predicted molar refractivity (Wildman–Crippen MR) is 179 cm³/mol. The van der Waals surface area contributed by atoms with Crippen LogP contribution in [0.1, 0.15) is 60.2 Å². The molecule has 1 amide bonds. The van der Waals surface area contributed by atoms with Crippen LogP contribution in [-0.4, -0.2) is 57.3 Å². The Kier molecular flexibility index (Phi) is 16.3. The number of nitrogens with one attached hydrogen (secondary N) is 2. The Hall–Kier alpha value is -3.79. The molecule has 2 aliphatic rings. The fourth-order valence-electron chi connectivity index (χ4n) is 4.76. The van der Waals surface area contributed by atoms with Crippen LogP contribution in [0.25, 0.3) is 0 Å². The molecule has 0 unspecified atom stereocenters. The van der Waals surface area contributed by atoms with Gasteiger partial charge in [0.25, 0.3) is 5.91 Å². The molecular formula is C27H54ClN11O3. The fraction of sp³-hybridized carbons (Fsp3) is 0.407. The molecule has 242 valence electrons. The van der Waals surface area contributed by atoms with Gasteiger partial charge in [-0.25, -0.2) is 0 Å². The number of carbonyl (C=O) groups is 1. The van der Waals surface area contributed by atoms with Crippen molar-refractivity contribution in [2.24, 2.45) is 0 Å². The van der Waals surface area contributed by atoms with E-state index in [1.54, 1.807) is 36.4 Å². The number of aromatic hydroxyl groups is 1. The van der Waals surface area contributed by atoms with Gasteiger partial charge in [-0.15, -0.1) is 12.4 Å². The van der Waals surface area contributed by atoms with Gasteiger partial charge >= 0.3 is 0 Å². The summed E-state index contributed by atoms with van der Waals surface area (Å²) >= 11 is 0. The van der Waals surface area contributed by atoms with Gasteiger partial charge in [-0.05, 0) is 68.4 Å². The second kappa shape index (κ2) is 17.9. The summed E-state index contributed by atoms with van der Waals surface area (Å²) in [5, 5.41) is 25.9. The summed E-state index contributed by atoms with van der Waals surface area (Å²) in [5.74, 6) is 1.14. The SMILES string of the molecule is Cl.N.N.N.N.O=C(Nc1cccc(CO)c1)c1ccc(Nc2nc(N3CCCCC3)nc(N3CCCCC3)n2)cc1O.[HH].[HH].[HH].[HH]. The topological polar surface area (TPSA) is 267 Å². The number of aliphatic hydroxyl groups excluding tert-OH is 1. The molecule has 1 aromatic heterocycles. The number of phenolic OH excluding ortho intramolecular Hbond substituents is 1. The minimum Gasteiger partial charge on any atom is -0.507 e. The molecular weight excluding hydrogens is 562 g/mol. The molecule has 0 bridgehead atoms. The standard InChI is InChI=1S/C27H33N7O3.ClH.4H3N.4H2/c35-18-19-8-7-9-20(16-19)28-24(37)22-11-10-21(17-23(22)36)29-25-30-26(33-12-3-1-4-13-33)32-27(31-25)34-14-5-2-6-15-34;;;;;;;;;/h7-11,16-17,35-36H,1-6,12-15,18H2,(H,28,37)(H,29,30,31,32);1H;4*1H3;4*1H. The molecule has 0 atom stereocenters. The Morgan fingerprint density at radius 1 is 0.786 bits per heavy atom. The number of hydrogen-bond donors (Lipinski definition) is 8. The second-order valence-corrected chi connectivity index (χ2v) is 9.52. The summed E-state index contributed by atoms with van der Waals surface area (Å²) in [5.41, 5.74) is 1.93. The van der Waals surface area contributed by atoms with Crippen LogP contribution in [0.4, 0.5) is 29.2 Å². The zero-order chi connectivity index (χ0) is 25.6. The molecule has 3 heterocycles. The number of benzene rings is 2. The molecule has 5 rings (SSSR count). The largest absolute Gasteiger partial charge is 0.507 e. The first-order valence-corrected chi connectivity index (χ1v) is 13.0. The van der Waals surface area contributed by atoms with E-state index in [9.17, 15) is 15.0 Å². The Morgan fingerprint density at radius 2 is 1.36 bits per heavy atom. The quantitative estimate of drug-likeness (QED) is 0.149. The summed E-state index contributed by atoms with van der Waals surface area (Å²) < 4.78 is 0. The predicted octanol–water partition coefficient (Wildman–Crippen LogP) is 6.10. The molecule has 0 aliphatic carbocycles. The molecule has 14 nitrogen and oxygen atoms in total. The number of piperidine rings is 2. The van der Waals surface area contributed by atoms with Crippen LogP contribution in [-0.2, 0) is 6.61 Å². The highest BCUT2D eigenvalue weighted by Crippen LogP contribution is 2.27. The van der Waals surface area contributed by atoms with Gasteiger partial charge in [0.15, 0.2) is 0 Å². The van der Waals surface area contributed by atoms with E-state index in [0.29, 0.717) is 34.8 Å². The molecule has 2 saturated heterocycles. The van der Waals surface area contributed by atoms with E-state index >= 15 is 0 Å². The van der Waals surface area contributed by atoms with Gasteiger partial charge in [0.1, 0.15) is 5.75 Å². The lowest BCUT2D eigenvalue weighted by Crippen LogP contribution is -2.34. The first kappa shape index (κ1) is 38.2. The highest BCUT2D eigenvalue weighted by atomic mass is 35.5. The maximum Gasteiger partial charge on any atom is 0.259 e. The summed E-state index contributed by atoms with van der Waals surface area (Å²) in [6, 6.07) is 11.7. The van der Waals surface area contributed by atoms with Gasteiger partial charge in [-0.2, -0.15) is 15.0 Å². The van der Waals surface area contributed by atoms with Crippen molar-refractivity contribution < 1.29 is 20.7 Å². The third-order valence-corrected chi connectivity index (χ3v) is 6.76. The van der Waals surface area contributed by atoms with E-state index in [-0.39, 0.29) is 60.6 Å². The zero-order valence-electron chi connectivity index (χ0n) is 24.1. The van der Waals surface area contributed by atoms with Crippen LogP contribution in [0.15, 0.2) is 42.5 Å². The van der Waals surface area contributed by atoms with Crippen LogP contribution in [0.2, 0.25) is 0 Å². The first-order chi connectivity index (χ1) is 18.1. The van der Waals surface area contributed by atoms with Crippen molar-refractivity contribution in [2.75, 3.05) is 46.6 Å². The Labute approximate surface area is 259 Å². The van der Waals surface area contributed by atoms with E-state index in [1.165, 1.54) is 18.9 Å². The number of amides is 1. The third kappa shape index (κ3) is 9.37. The number of halogens is 1. The van der Waals surface area contributed by atoms with Gasteiger partial charge in [-0.1, -0.05) is 12.1 Å². The molecule has 3 aromatic rings. The van der Waals surface area contributed by atoms with Gasteiger partial charge < -0.3 is 55.2 Å². The van der Waals surface area contributed by atoms with Crippen molar-refractivity contribution in [2.45, 2.75) is 45.1 Å². The number of anilines is 5. The van der Waals surface area contributed by atoms with Gasteiger partial charge in [0, 0.05) is 49.3 Å². The Bertz CT molecular complexity index is 1240. The van der Waals surface area contributed by atoms with Crippen molar-refractivity contribution >= 4 is 47.5 Å². The average molecular weight is 616 g/mol. The Morgan fingerprint density at radius 3 is 1.88 bits per heavy atom. The fourth-order valence-corrected chi connectivity index (χ4v) is 4.76. The van der Waals surface area contributed by atoms with Crippen LogP contribution in [0.3, 0.4) is 0 Å². The summed E-state index contributed by atoms with van der Waals surface area (Å²) in [6.07, 6.45) is 6.92. The third-order valence-electron chi connectivity index (χ3n) is 6.76. The van der Waals surface area contributed by atoms with Gasteiger partial charge in [0.05, 0.1) is 12.2 Å². The maximum absolute atomic E-state index is 12.7. The molecule has 0 radical (unpaired) electrons. The van der Waals surface area contributed by atoms with Crippen molar-refractivity contribution in [1.82, 2.24) is 39.6 Å². The highest BCUT2D eigenvalue weighted by molar-refractivity contribution is 6.06. The monoisotopic (exact) mass is 615 g/mol. The van der Waals surface area contributed by atoms with E-state index in [1.807, 2.05) is 0 Å². The first-order valence-electron chi connectivity index (χ1n) is 13.0. The van der Waals surface area contributed by atoms with Crippen molar-refractivity contribution in [1.29, 1.82) is 0 Å². The number of hydrogen-bond acceptors (Lipinski definition) is 13. The number of carbonyl (C=O) groups excluding carboxylic acids is 1. The van der Waals surface area contributed by atoms with E-state index < -0.39 is 5.91 Å². The number of aliphatic hydroxyl groups is 1. The number of nitrogens with zero attached hydrogens (tertiary/aromatic N) is 5. The minimum absolute atomic E-state index is 0. The minimum atomic E-state index is -0.445. The normalized spacial score (nSPS) is 14.0. The van der Waals surface area contributed by atoms with E-state index in [4.69, 9.17) is 15.0 Å². The average Bonchev–Trinajstić information content (AvgIpc) is 2.94. The van der Waals surface area contributed by atoms with Crippen LogP contribution < -0.4 is 45.0 Å². The molecule has 2 aliphatic heterocycles. The molecule has 2 aromatic carbocycles. The van der Waals surface area contributed by atoms with E-state index in [2.05, 4.69) is 20.4 Å². The molecule has 0 spiro atoms. The lowest BCUT2D eigenvalue weighted by Gasteiger charge is -2.30. The molecule has 0 saturated carbocycles. The highest BCUT2D eigenvalue weighted by Gasteiger charge is 2.21. The molecule has 16 N–H and O–H groups in total. The molecule has 42 heavy (non-hydrogen) atoms. The van der Waals surface area contributed by atoms with Gasteiger partial charge in [0.2, 0.25) is 17.8 Å². The Balaban J connectivity index is -0.000000623.